The topological polar surface area (TPSA) is 73.2 Å². The highest BCUT2D eigenvalue weighted by Gasteiger charge is 2.07. The third-order valence-corrected chi connectivity index (χ3v) is 4.19. The van der Waals surface area contributed by atoms with Crippen LogP contribution in [0.3, 0.4) is 0 Å². The Bertz CT molecular complexity index is 977. The monoisotopic (exact) mass is 363 g/mol. The minimum absolute atomic E-state index is 0.0689. The van der Waals surface area contributed by atoms with Gasteiger partial charge in [0.05, 0.1) is 19.1 Å². The molecule has 0 aliphatic rings. The van der Waals surface area contributed by atoms with E-state index in [2.05, 4.69) is 10.3 Å². The minimum Gasteiger partial charge on any atom is -0.497 e. The van der Waals surface area contributed by atoms with Crippen LogP contribution < -0.4 is 15.6 Å². The summed E-state index contributed by atoms with van der Waals surface area (Å²) in [6, 6.07) is 16.6. The van der Waals surface area contributed by atoms with E-state index in [0.717, 1.165) is 16.9 Å². The van der Waals surface area contributed by atoms with Crippen LogP contribution >= 0.6 is 0 Å². The molecule has 0 aliphatic carbocycles. The van der Waals surface area contributed by atoms with E-state index in [0.29, 0.717) is 12.2 Å². The molecule has 1 heterocycles. The van der Waals surface area contributed by atoms with Crippen LogP contribution in [-0.4, -0.2) is 22.6 Å². The van der Waals surface area contributed by atoms with E-state index in [-0.39, 0.29) is 18.0 Å². The lowest BCUT2D eigenvalue weighted by Gasteiger charge is -2.08. The van der Waals surface area contributed by atoms with E-state index in [1.165, 1.54) is 22.5 Å². The molecule has 0 unspecified atom stereocenters. The van der Waals surface area contributed by atoms with Gasteiger partial charge in [-0.1, -0.05) is 29.8 Å². The summed E-state index contributed by atoms with van der Waals surface area (Å²) in [7, 11) is 1.60. The molecule has 1 amide bonds. The Morgan fingerprint density at radius 3 is 2.44 bits per heavy atom. The predicted octanol–water partition coefficient (Wildman–Crippen LogP) is 2.54. The van der Waals surface area contributed by atoms with E-state index in [9.17, 15) is 9.59 Å². The highest BCUT2D eigenvalue weighted by Crippen LogP contribution is 2.19. The second-order valence-electron chi connectivity index (χ2n) is 6.23. The number of benzene rings is 2. The van der Waals surface area contributed by atoms with Gasteiger partial charge < -0.3 is 10.1 Å². The van der Waals surface area contributed by atoms with Gasteiger partial charge in [0.25, 0.3) is 5.56 Å². The summed E-state index contributed by atoms with van der Waals surface area (Å²) < 4.78 is 6.41. The first-order valence-electron chi connectivity index (χ1n) is 8.58. The summed E-state index contributed by atoms with van der Waals surface area (Å²) in [6.07, 6.45) is 1.40. The van der Waals surface area contributed by atoms with Crippen LogP contribution in [-0.2, 0) is 17.9 Å². The number of methoxy groups -OCH3 is 1. The number of hydrogen-bond donors (Lipinski definition) is 1. The lowest BCUT2D eigenvalue weighted by molar-refractivity contribution is -0.121. The van der Waals surface area contributed by atoms with Crippen LogP contribution in [0.1, 0.15) is 11.1 Å². The Labute approximate surface area is 157 Å². The van der Waals surface area contributed by atoms with Gasteiger partial charge in [0, 0.05) is 18.2 Å². The maximum absolute atomic E-state index is 12.3. The number of carbonyl (C=O) groups excluding carboxylic acids is 1. The normalized spacial score (nSPS) is 10.4. The molecule has 6 nitrogen and oxygen atoms in total. The Hall–Kier alpha value is -3.41. The smallest absolute Gasteiger partial charge is 0.254 e. The van der Waals surface area contributed by atoms with Gasteiger partial charge in [-0.15, -0.1) is 0 Å². The third kappa shape index (κ3) is 4.82. The van der Waals surface area contributed by atoms with Crippen molar-refractivity contribution in [3.05, 3.63) is 82.4 Å². The molecule has 2 aromatic carbocycles. The summed E-state index contributed by atoms with van der Waals surface area (Å²) in [5, 5.41) is 2.81. The third-order valence-electron chi connectivity index (χ3n) is 4.19. The van der Waals surface area contributed by atoms with E-state index in [1.807, 2.05) is 43.3 Å². The zero-order chi connectivity index (χ0) is 19.2. The molecule has 1 aromatic heterocycles. The molecule has 0 saturated carbocycles. The number of nitrogens with one attached hydrogen (secondary N) is 1. The van der Waals surface area contributed by atoms with Gasteiger partial charge in [-0.2, -0.15) is 0 Å². The summed E-state index contributed by atoms with van der Waals surface area (Å²) in [5.74, 6) is 0.494. The van der Waals surface area contributed by atoms with Crippen LogP contribution in [0.4, 0.5) is 0 Å². The highest BCUT2D eigenvalue weighted by molar-refractivity contribution is 5.75. The van der Waals surface area contributed by atoms with Crippen molar-refractivity contribution in [2.75, 3.05) is 7.11 Å². The molecule has 0 radical (unpaired) electrons. The average molecular weight is 363 g/mol. The molecule has 0 fully saturated rings. The van der Waals surface area contributed by atoms with E-state index >= 15 is 0 Å². The molecule has 1 N–H and O–H groups in total. The fourth-order valence-corrected chi connectivity index (χ4v) is 2.58. The van der Waals surface area contributed by atoms with Crippen LogP contribution in [0.2, 0.25) is 0 Å². The molecule has 3 aromatic rings. The van der Waals surface area contributed by atoms with Gasteiger partial charge in [-0.05, 0) is 36.8 Å². The van der Waals surface area contributed by atoms with Gasteiger partial charge in [-0.25, -0.2) is 4.98 Å². The Morgan fingerprint density at radius 2 is 1.81 bits per heavy atom. The highest BCUT2D eigenvalue weighted by atomic mass is 16.5. The van der Waals surface area contributed by atoms with Crippen LogP contribution in [0.5, 0.6) is 5.75 Å². The molecule has 0 aliphatic heterocycles. The van der Waals surface area contributed by atoms with Crippen molar-refractivity contribution in [1.82, 2.24) is 14.9 Å². The first-order chi connectivity index (χ1) is 13.0. The molecule has 27 heavy (non-hydrogen) atoms. The standard InChI is InChI=1S/C21H21N3O3/c1-15-3-5-16(6-4-15)12-22-20(25)13-24-14-23-19(11-21(24)26)17-7-9-18(27-2)10-8-17/h3-11,14H,12-13H2,1-2H3,(H,22,25). The molecule has 0 atom stereocenters. The van der Waals surface area contributed by atoms with Crippen LogP contribution in [0.15, 0.2) is 65.7 Å². The molecule has 0 saturated heterocycles. The van der Waals surface area contributed by atoms with Gasteiger partial charge in [-0.3, -0.25) is 14.2 Å². The van der Waals surface area contributed by atoms with E-state index in [4.69, 9.17) is 4.74 Å². The van der Waals surface area contributed by atoms with Crippen molar-refractivity contribution in [2.45, 2.75) is 20.0 Å². The zero-order valence-corrected chi connectivity index (χ0v) is 15.3. The Kier molecular flexibility index (Phi) is 5.66. The van der Waals surface area contributed by atoms with Crippen LogP contribution in [0.25, 0.3) is 11.3 Å². The first-order valence-corrected chi connectivity index (χ1v) is 8.58. The number of carbonyl (C=O) groups is 1. The van der Waals surface area contributed by atoms with Crippen molar-refractivity contribution in [2.24, 2.45) is 0 Å². The molecule has 138 valence electrons. The lowest BCUT2D eigenvalue weighted by atomic mass is 10.1. The Morgan fingerprint density at radius 1 is 1.11 bits per heavy atom. The maximum Gasteiger partial charge on any atom is 0.254 e. The molecular formula is C21H21N3O3. The van der Waals surface area contributed by atoms with Gasteiger partial charge in [0.15, 0.2) is 0 Å². The SMILES string of the molecule is COc1ccc(-c2cc(=O)n(CC(=O)NCc3ccc(C)cc3)cn2)cc1. The summed E-state index contributed by atoms with van der Waals surface area (Å²) >= 11 is 0. The minimum atomic E-state index is -0.277. The van der Waals surface area contributed by atoms with Crippen molar-refractivity contribution < 1.29 is 9.53 Å². The fraction of sp³-hybridized carbons (Fsp3) is 0.190. The predicted molar refractivity (Wildman–Crippen MR) is 104 cm³/mol. The van der Waals surface area contributed by atoms with Crippen LogP contribution in [0, 0.1) is 6.92 Å². The second-order valence-corrected chi connectivity index (χ2v) is 6.23. The summed E-state index contributed by atoms with van der Waals surface area (Å²) in [6.45, 7) is 2.36. The van der Waals surface area contributed by atoms with Crippen molar-refractivity contribution in [3.8, 4) is 17.0 Å². The van der Waals surface area contributed by atoms with Gasteiger partial charge >= 0.3 is 0 Å². The molecule has 6 heteroatoms. The first kappa shape index (κ1) is 18.4. The van der Waals surface area contributed by atoms with E-state index < -0.39 is 0 Å². The van der Waals surface area contributed by atoms with Crippen molar-refractivity contribution in [3.63, 3.8) is 0 Å². The average Bonchev–Trinajstić information content (AvgIpc) is 2.69. The van der Waals surface area contributed by atoms with Gasteiger partial charge in [0.1, 0.15) is 12.3 Å². The molecule has 0 bridgehead atoms. The maximum atomic E-state index is 12.3. The number of nitrogens with zero attached hydrogens (tertiary/aromatic N) is 2. The number of ether oxygens (including phenoxy) is 1. The zero-order valence-electron chi connectivity index (χ0n) is 15.3. The van der Waals surface area contributed by atoms with E-state index in [1.54, 1.807) is 19.2 Å². The largest absolute Gasteiger partial charge is 0.497 e. The number of aryl methyl sites for hydroxylation is 1. The Balaban J connectivity index is 1.63. The number of rotatable bonds is 6. The quantitative estimate of drug-likeness (QED) is 0.730. The van der Waals surface area contributed by atoms with Crippen molar-refractivity contribution >= 4 is 5.91 Å². The lowest BCUT2D eigenvalue weighted by Crippen LogP contribution is -2.31. The molecule has 3 rings (SSSR count). The number of aromatic nitrogens is 2. The number of hydrogen-bond acceptors (Lipinski definition) is 4. The molecular weight excluding hydrogens is 342 g/mol. The van der Waals surface area contributed by atoms with Crippen molar-refractivity contribution in [1.29, 1.82) is 0 Å². The summed E-state index contributed by atoms with van der Waals surface area (Å²) in [4.78, 5) is 28.7. The number of amides is 1. The summed E-state index contributed by atoms with van der Waals surface area (Å²) in [5.41, 5.74) is 3.26. The molecule has 0 spiro atoms. The second kappa shape index (κ2) is 8.31. The fourth-order valence-electron chi connectivity index (χ4n) is 2.58. The van der Waals surface area contributed by atoms with Gasteiger partial charge in [0.2, 0.25) is 5.91 Å².